The summed E-state index contributed by atoms with van der Waals surface area (Å²) < 4.78 is 16.7. The summed E-state index contributed by atoms with van der Waals surface area (Å²) in [4.78, 5) is 0. The van der Waals surface area contributed by atoms with Gasteiger partial charge in [-0.05, 0) is 50.3 Å². The van der Waals surface area contributed by atoms with Crippen molar-refractivity contribution in [3.63, 3.8) is 0 Å². The Morgan fingerprint density at radius 3 is 2.69 bits per heavy atom. The number of ether oxygens (including phenoxy) is 2. The highest BCUT2D eigenvalue weighted by molar-refractivity contribution is 5.43. The van der Waals surface area contributed by atoms with E-state index in [9.17, 15) is 0 Å². The highest BCUT2D eigenvalue weighted by Gasteiger charge is 2.20. The van der Waals surface area contributed by atoms with E-state index < -0.39 is 0 Å². The molecule has 1 aliphatic carbocycles. The molecule has 2 aromatic rings. The fraction of sp³-hybridized carbons (Fsp3) is 0.571. The highest BCUT2D eigenvalue weighted by atomic mass is 16.5. The Balaban J connectivity index is 1.62. The summed E-state index contributed by atoms with van der Waals surface area (Å²) in [5.74, 6) is 3.04. The molecule has 0 saturated heterocycles. The predicted octanol–water partition coefficient (Wildman–Crippen LogP) is 4.55. The molecule has 1 aromatic heterocycles. The predicted molar refractivity (Wildman–Crippen MR) is 102 cm³/mol. The van der Waals surface area contributed by atoms with E-state index >= 15 is 0 Å². The topological polar surface area (TPSA) is 56.5 Å². The Morgan fingerprint density at radius 1 is 1.19 bits per heavy atom. The van der Waals surface area contributed by atoms with Crippen molar-refractivity contribution in [2.75, 3.05) is 7.11 Å². The van der Waals surface area contributed by atoms with Gasteiger partial charge in [0, 0.05) is 12.6 Å². The molecule has 5 heteroatoms. The summed E-state index contributed by atoms with van der Waals surface area (Å²) >= 11 is 0. The van der Waals surface area contributed by atoms with Gasteiger partial charge in [-0.15, -0.1) is 0 Å². The molecule has 0 unspecified atom stereocenters. The van der Waals surface area contributed by atoms with Crippen LogP contribution in [-0.4, -0.2) is 18.3 Å². The van der Waals surface area contributed by atoms with Gasteiger partial charge in [0.2, 0.25) is 0 Å². The van der Waals surface area contributed by atoms with Crippen molar-refractivity contribution in [2.45, 2.75) is 65.6 Å². The van der Waals surface area contributed by atoms with Crippen LogP contribution in [0.15, 0.2) is 22.7 Å². The molecule has 1 aromatic carbocycles. The molecule has 1 fully saturated rings. The zero-order valence-corrected chi connectivity index (χ0v) is 16.3. The summed E-state index contributed by atoms with van der Waals surface area (Å²) in [5, 5.41) is 7.68. The molecule has 142 valence electrons. The van der Waals surface area contributed by atoms with Gasteiger partial charge in [-0.3, -0.25) is 0 Å². The smallest absolute Gasteiger partial charge is 0.161 e. The number of rotatable bonds is 7. The molecule has 0 aliphatic heterocycles. The number of hydrogen-bond acceptors (Lipinski definition) is 5. The maximum Gasteiger partial charge on any atom is 0.161 e. The van der Waals surface area contributed by atoms with E-state index in [1.807, 2.05) is 19.9 Å². The third kappa shape index (κ3) is 4.39. The van der Waals surface area contributed by atoms with Crippen LogP contribution in [0, 0.1) is 19.8 Å². The van der Waals surface area contributed by atoms with Crippen LogP contribution in [0.2, 0.25) is 0 Å². The van der Waals surface area contributed by atoms with Gasteiger partial charge in [0.05, 0.1) is 18.4 Å². The SMILES string of the molecule is COc1cc(CN[C@@H]2CCCC[C@H]2C)ccc1OCc1c(C)noc1C. The van der Waals surface area contributed by atoms with Crippen molar-refractivity contribution in [3.8, 4) is 11.5 Å². The van der Waals surface area contributed by atoms with E-state index in [2.05, 4.69) is 29.5 Å². The second kappa shape index (κ2) is 8.58. The first kappa shape index (κ1) is 18.8. The van der Waals surface area contributed by atoms with Gasteiger partial charge in [0.15, 0.2) is 11.5 Å². The molecule has 1 N–H and O–H groups in total. The molecule has 1 aliphatic rings. The van der Waals surface area contributed by atoms with Gasteiger partial charge in [-0.25, -0.2) is 0 Å². The number of hydrogen-bond donors (Lipinski definition) is 1. The van der Waals surface area contributed by atoms with Crippen molar-refractivity contribution in [1.29, 1.82) is 0 Å². The Labute approximate surface area is 156 Å². The van der Waals surface area contributed by atoms with E-state index in [-0.39, 0.29) is 0 Å². The highest BCUT2D eigenvalue weighted by Crippen LogP contribution is 2.30. The van der Waals surface area contributed by atoms with Crippen LogP contribution in [-0.2, 0) is 13.2 Å². The van der Waals surface area contributed by atoms with Crippen LogP contribution < -0.4 is 14.8 Å². The monoisotopic (exact) mass is 358 g/mol. The molecular weight excluding hydrogens is 328 g/mol. The Kier molecular flexibility index (Phi) is 6.20. The third-order valence-corrected chi connectivity index (χ3v) is 5.46. The normalized spacial score (nSPS) is 20.2. The Hall–Kier alpha value is -2.01. The molecule has 3 rings (SSSR count). The number of methoxy groups -OCH3 is 1. The van der Waals surface area contributed by atoms with Crippen LogP contribution in [0.25, 0.3) is 0 Å². The van der Waals surface area contributed by atoms with E-state index in [0.717, 1.165) is 41.0 Å². The minimum Gasteiger partial charge on any atom is -0.493 e. The van der Waals surface area contributed by atoms with E-state index in [0.29, 0.717) is 12.6 Å². The zero-order chi connectivity index (χ0) is 18.5. The van der Waals surface area contributed by atoms with E-state index in [1.165, 1.54) is 31.2 Å². The number of nitrogens with one attached hydrogen (secondary N) is 1. The molecule has 0 amide bonds. The van der Waals surface area contributed by atoms with Crippen molar-refractivity contribution >= 4 is 0 Å². The number of nitrogens with zero attached hydrogens (tertiary/aromatic N) is 1. The van der Waals surface area contributed by atoms with Crippen molar-refractivity contribution in [1.82, 2.24) is 10.5 Å². The van der Waals surface area contributed by atoms with E-state index in [1.54, 1.807) is 7.11 Å². The average Bonchev–Trinajstić information content (AvgIpc) is 2.97. The summed E-state index contributed by atoms with van der Waals surface area (Å²) in [6.45, 7) is 7.46. The summed E-state index contributed by atoms with van der Waals surface area (Å²) in [5.41, 5.74) is 3.07. The zero-order valence-electron chi connectivity index (χ0n) is 16.3. The van der Waals surface area contributed by atoms with Crippen LogP contribution in [0.5, 0.6) is 11.5 Å². The van der Waals surface area contributed by atoms with Gasteiger partial charge >= 0.3 is 0 Å². The lowest BCUT2D eigenvalue weighted by Gasteiger charge is -2.29. The molecule has 2 atom stereocenters. The summed E-state index contributed by atoms with van der Waals surface area (Å²) in [7, 11) is 1.68. The molecule has 26 heavy (non-hydrogen) atoms. The molecule has 0 bridgehead atoms. The fourth-order valence-corrected chi connectivity index (χ4v) is 3.67. The van der Waals surface area contributed by atoms with E-state index in [4.69, 9.17) is 14.0 Å². The maximum atomic E-state index is 5.96. The average molecular weight is 358 g/mol. The third-order valence-electron chi connectivity index (χ3n) is 5.46. The van der Waals surface area contributed by atoms with Gasteiger partial charge in [-0.1, -0.05) is 31.0 Å². The first-order valence-corrected chi connectivity index (χ1v) is 9.53. The second-order valence-electron chi connectivity index (χ2n) is 7.33. The quantitative estimate of drug-likeness (QED) is 0.787. The summed E-state index contributed by atoms with van der Waals surface area (Å²) in [6.07, 6.45) is 5.30. The van der Waals surface area contributed by atoms with Gasteiger partial charge in [-0.2, -0.15) is 0 Å². The minimum absolute atomic E-state index is 0.425. The lowest BCUT2D eigenvalue weighted by atomic mass is 9.86. The van der Waals surface area contributed by atoms with Crippen LogP contribution >= 0.6 is 0 Å². The number of benzene rings is 1. The Morgan fingerprint density at radius 2 is 2.00 bits per heavy atom. The standard InChI is InChI=1S/C21H30N2O3/c1-14-7-5-6-8-19(14)22-12-17-9-10-20(21(11-17)24-4)25-13-18-15(2)23-26-16(18)3/h9-11,14,19,22H,5-8,12-13H2,1-4H3/t14-,19-/m1/s1. The lowest BCUT2D eigenvalue weighted by Crippen LogP contribution is -2.36. The molecule has 0 spiro atoms. The van der Waals surface area contributed by atoms with Crippen LogP contribution in [0.3, 0.4) is 0 Å². The van der Waals surface area contributed by atoms with Gasteiger partial charge < -0.3 is 19.3 Å². The molecule has 0 radical (unpaired) electrons. The largest absolute Gasteiger partial charge is 0.493 e. The first-order valence-electron chi connectivity index (χ1n) is 9.53. The van der Waals surface area contributed by atoms with Crippen molar-refractivity contribution < 1.29 is 14.0 Å². The molecular formula is C21H30N2O3. The minimum atomic E-state index is 0.425. The van der Waals surface area contributed by atoms with Crippen molar-refractivity contribution in [3.05, 3.63) is 40.8 Å². The molecule has 5 nitrogen and oxygen atoms in total. The lowest BCUT2D eigenvalue weighted by molar-refractivity contribution is 0.277. The maximum absolute atomic E-state index is 5.96. The number of aryl methyl sites for hydroxylation is 2. The number of aromatic nitrogens is 1. The molecule has 1 heterocycles. The Bertz CT molecular complexity index is 707. The second-order valence-corrected chi connectivity index (χ2v) is 7.33. The fourth-order valence-electron chi connectivity index (χ4n) is 3.67. The van der Waals surface area contributed by atoms with Gasteiger partial charge in [0.1, 0.15) is 12.4 Å². The van der Waals surface area contributed by atoms with Crippen LogP contribution in [0.4, 0.5) is 0 Å². The first-order chi connectivity index (χ1) is 12.6. The van der Waals surface area contributed by atoms with Crippen molar-refractivity contribution in [2.24, 2.45) is 5.92 Å². The molecule has 1 saturated carbocycles. The summed E-state index contributed by atoms with van der Waals surface area (Å²) in [6, 6.07) is 6.76. The van der Waals surface area contributed by atoms with Crippen LogP contribution in [0.1, 0.15) is 55.2 Å². The van der Waals surface area contributed by atoms with Gasteiger partial charge in [0.25, 0.3) is 0 Å².